The van der Waals surface area contributed by atoms with Crippen LogP contribution in [0, 0.1) is 0 Å². The van der Waals surface area contributed by atoms with Crippen LogP contribution in [-0.2, 0) is 0 Å². The van der Waals surface area contributed by atoms with Crippen molar-refractivity contribution in [1.82, 2.24) is 10.2 Å². The van der Waals surface area contributed by atoms with Gasteiger partial charge in [0.15, 0.2) is 0 Å². The van der Waals surface area contributed by atoms with E-state index in [-0.39, 0.29) is 0 Å². The van der Waals surface area contributed by atoms with Crippen molar-refractivity contribution < 1.29 is 4.74 Å². The molecule has 0 spiro atoms. The Bertz CT molecular complexity index is 399. The summed E-state index contributed by atoms with van der Waals surface area (Å²) in [5.74, 6) is 3.41. The molecule has 0 radical (unpaired) electrons. The molecule has 0 aliphatic carbocycles. The number of nitrogens with one attached hydrogen (secondary N) is 1. The van der Waals surface area contributed by atoms with Gasteiger partial charge in [-0.1, -0.05) is 18.2 Å². The average Bonchev–Trinajstić information content (AvgIpc) is 2.44. The fraction of sp³-hybridized carbons (Fsp3) is 0.600. The molecule has 0 bridgehead atoms. The Labute approximate surface area is 120 Å². The Morgan fingerprint density at radius 1 is 1.47 bits per heavy atom. The molecular formula is C15H24N2OS. The van der Waals surface area contributed by atoms with Gasteiger partial charge in [-0.3, -0.25) is 4.90 Å². The first-order valence-electron chi connectivity index (χ1n) is 6.95. The molecule has 2 unspecified atom stereocenters. The molecule has 1 saturated heterocycles. The predicted molar refractivity (Wildman–Crippen MR) is 83.2 cm³/mol. The zero-order valence-electron chi connectivity index (χ0n) is 12.1. The van der Waals surface area contributed by atoms with E-state index in [1.807, 2.05) is 31.8 Å². The van der Waals surface area contributed by atoms with Crippen molar-refractivity contribution in [1.29, 1.82) is 0 Å². The predicted octanol–water partition coefficient (Wildman–Crippen LogP) is 2.39. The third-order valence-corrected chi connectivity index (χ3v) is 4.74. The van der Waals surface area contributed by atoms with Gasteiger partial charge in [0.1, 0.15) is 5.75 Å². The van der Waals surface area contributed by atoms with Gasteiger partial charge in [-0.2, -0.15) is 11.8 Å². The quantitative estimate of drug-likeness (QED) is 0.895. The molecule has 0 saturated carbocycles. The van der Waals surface area contributed by atoms with Crippen LogP contribution in [-0.4, -0.2) is 49.7 Å². The Morgan fingerprint density at radius 2 is 2.26 bits per heavy atom. The van der Waals surface area contributed by atoms with Gasteiger partial charge in [-0.05, 0) is 27.1 Å². The minimum absolute atomic E-state index is 0.320. The third kappa shape index (κ3) is 3.44. The van der Waals surface area contributed by atoms with Crippen LogP contribution in [0.25, 0.3) is 0 Å². The minimum Gasteiger partial charge on any atom is -0.494 e. The van der Waals surface area contributed by atoms with E-state index in [1.165, 1.54) is 17.1 Å². The first-order valence-corrected chi connectivity index (χ1v) is 8.10. The molecule has 1 aromatic carbocycles. The van der Waals surface area contributed by atoms with Crippen molar-refractivity contribution in [3.8, 4) is 5.75 Å². The number of benzene rings is 1. The maximum Gasteiger partial charge on any atom is 0.124 e. The van der Waals surface area contributed by atoms with Crippen LogP contribution in [0.5, 0.6) is 5.75 Å². The average molecular weight is 280 g/mol. The van der Waals surface area contributed by atoms with Gasteiger partial charge in [0.2, 0.25) is 0 Å². The highest BCUT2D eigenvalue weighted by Gasteiger charge is 2.29. The number of ether oxygens (including phenoxy) is 1. The summed E-state index contributed by atoms with van der Waals surface area (Å²) in [5, 5.41) is 3.48. The van der Waals surface area contributed by atoms with Crippen LogP contribution < -0.4 is 10.1 Å². The molecule has 2 atom stereocenters. The molecule has 2 rings (SSSR count). The molecule has 1 fully saturated rings. The van der Waals surface area contributed by atoms with Crippen LogP contribution in [0.4, 0.5) is 0 Å². The molecule has 1 aromatic rings. The fourth-order valence-corrected chi connectivity index (χ4v) is 3.91. The van der Waals surface area contributed by atoms with Crippen LogP contribution in [0.3, 0.4) is 0 Å². The third-order valence-electron chi connectivity index (χ3n) is 3.69. The smallest absolute Gasteiger partial charge is 0.124 e. The van der Waals surface area contributed by atoms with Crippen LogP contribution in [0.2, 0.25) is 0 Å². The lowest BCUT2D eigenvalue weighted by molar-refractivity contribution is 0.217. The van der Waals surface area contributed by atoms with Crippen molar-refractivity contribution in [3.05, 3.63) is 29.8 Å². The van der Waals surface area contributed by atoms with Gasteiger partial charge in [0, 0.05) is 29.7 Å². The van der Waals surface area contributed by atoms with Crippen LogP contribution in [0.1, 0.15) is 18.5 Å². The summed E-state index contributed by atoms with van der Waals surface area (Å²) in [6, 6.07) is 9.22. The fourth-order valence-electron chi connectivity index (χ4n) is 2.64. The number of nitrogens with zero attached hydrogens (tertiary/aromatic N) is 1. The standard InChI is InChI=1S/C15H24N2OS/c1-4-18-14-8-6-5-7-12(14)15(16-2)13-11-19-10-9-17(13)3/h5-8,13,15-16H,4,9-11H2,1-3H3. The SMILES string of the molecule is CCOc1ccccc1C(NC)C1CSCCN1C. The van der Waals surface area contributed by atoms with E-state index >= 15 is 0 Å². The number of para-hydroxylation sites is 1. The molecule has 3 nitrogen and oxygen atoms in total. The van der Waals surface area contributed by atoms with Gasteiger partial charge in [0.05, 0.1) is 12.6 Å². The van der Waals surface area contributed by atoms with Crippen molar-refractivity contribution in [2.75, 3.05) is 38.8 Å². The molecule has 0 amide bonds. The largest absolute Gasteiger partial charge is 0.494 e. The van der Waals surface area contributed by atoms with E-state index in [0.717, 1.165) is 12.3 Å². The van der Waals surface area contributed by atoms with Gasteiger partial charge in [-0.25, -0.2) is 0 Å². The van der Waals surface area contributed by atoms with E-state index in [0.29, 0.717) is 18.7 Å². The second-order valence-corrected chi connectivity index (χ2v) is 6.01. The lowest BCUT2D eigenvalue weighted by Gasteiger charge is -2.38. The number of hydrogen-bond acceptors (Lipinski definition) is 4. The molecule has 1 aliphatic rings. The summed E-state index contributed by atoms with van der Waals surface area (Å²) in [7, 11) is 4.26. The van der Waals surface area contributed by atoms with Crippen molar-refractivity contribution >= 4 is 11.8 Å². The van der Waals surface area contributed by atoms with Crippen LogP contribution in [0.15, 0.2) is 24.3 Å². The van der Waals surface area contributed by atoms with E-state index in [2.05, 4.69) is 35.5 Å². The Kier molecular flexibility index (Phi) is 5.55. The van der Waals surface area contributed by atoms with Gasteiger partial charge in [-0.15, -0.1) is 0 Å². The number of thioether (sulfide) groups is 1. The van der Waals surface area contributed by atoms with Gasteiger partial charge < -0.3 is 10.1 Å². The van der Waals surface area contributed by atoms with E-state index < -0.39 is 0 Å². The highest BCUT2D eigenvalue weighted by atomic mass is 32.2. The maximum atomic E-state index is 5.78. The Hall–Kier alpha value is -0.710. The molecule has 19 heavy (non-hydrogen) atoms. The summed E-state index contributed by atoms with van der Waals surface area (Å²) in [6.07, 6.45) is 0. The summed E-state index contributed by atoms with van der Waals surface area (Å²) in [5.41, 5.74) is 1.27. The summed E-state index contributed by atoms with van der Waals surface area (Å²) < 4.78 is 5.78. The molecule has 0 aromatic heterocycles. The number of hydrogen-bond donors (Lipinski definition) is 1. The maximum absolute atomic E-state index is 5.78. The van der Waals surface area contributed by atoms with Crippen LogP contribution >= 0.6 is 11.8 Å². The number of rotatable bonds is 5. The molecule has 4 heteroatoms. The minimum atomic E-state index is 0.320. The molecule has 1 heterocycles. The summed E-state index contributed by atoms with van der Waals surface area (Å²) in [4.78, 5) is 2.46. The van der Waals surface area contributed by atoms with Gasteiger partial charge in [0.25, 0.3) is 0 Å². The second kappa shape index (κ2) is 7.17. The highest BCUT2D eigenvalue weighted by Crippen LogP contribution is 2.32. The molecular weight excluding hydrogens is 256 g/mol. The normalized spacial score (nSPS) is 22.2. The second-order valence-electron chi connectivity index (χ2n) is 4.86. The van der Waals surface area contributed by atoms with E-state index in [9.17, 15) is 0 Å². The molecule has 106 valence electrons. The summed E-state index contributed by atoms with van der Waals surface area (Å²) in [6.45, 7) is 3.90. The topological polar surface area (TPSA) is 24.5 Å². The zero-order chi connectivity index (χ0) is 13.7. The number of likely N-dealkylation sites (N-methyl/N-ethyl adjacent to an activating group) is 2. The molecule has 1 aliphatic heterocycles. The van der Waals surface area contributed by atoms with Crippen molar-refractivity contribution in [2.24, 2.45) is 0 Å². The van der Waals surface area contributed by atoms with Gasteiger partial charge >= 0.3 is 0 Å². The highest BCUT2D eigenvalue weighted by molar-refractivity contribution is 7.99. The van der Waals surface area contributed by atoms with E-state index in [4.69, 9.17) is 4.74 Å². The van der Waals surface area contributed by atoms with E-state index in [1.54, 1.807) is 0 Å². The zero-order valence-corrected chi connectivity index (χ0v) is 12.9. The van der Waals surface area contributed by atoms with Crippen molar-refractivity contribution in [3.63, 3.8) is 0 Å². The lowest BCUT2D eigenvalue weighted by Crippen LogP contribution is -2.47. The molecule has 1 N–H and O–H groups in total. The van der Waals surface area contributed by atoms with Crippen molar-refractivity contribution in [2.45, 2.75) is 19.0 Å². The first-order chi connectivity index (χ1) is 9.27. The Balaban J connectivity index is 2.25. The summed E-state index contributed by atoms with van der Waals surface area (Å²) >= 11 is 2.04. The first kappa shape index (κ1) is 14.7. The monoisotopic (exact) mass is 280 g/mol. The Morgan fingerprint density at radius 3 is 2.95 bits per heavy atom. The lowest BCUT2D eigenvalue weighted by atomic mass is 9.98.